The Morgan fingerprint density at radius 1 is 1.25 bits per heavy atom. The van der Waals surface area contributed by atoms with Crippen LogP contribution in [0.4, 0.5) is 5.69 Å². The van der Waals surface area contributed by atoms with E-state index in [1.807, 2.05) is 0 Å². The molecule has 1 aromatic rings. The number of rotatable bonds is 6. The summed E-state index contributed by atoms with van der Waals surface area (Å²) in [6.45, 7) is -0.227. The molecule has 1 rings (SSSR count). The molecule has 0 unspecified atom stereocenters. The summed E-state index contributed by atoms with van der Waals surface area (Å²) in [5.41, 5.74) is 5.71. The van der Waals surface area contributed by atoms with Crippen molar-refractivity contribution < 1.29 is 16.8 Å². The lowest BCUT2D eigenvalue weighted by Crippen LogP contribution is -2.34. The number of nitrogens with one attached hydrogen (secondary N) is 1. The molecule has 1 aromatic carbocycles. The van der Waals surface area contributed by atoms with Gasteiger partial charge in [0, 0.05) is 25.1 Å². The number of benzene rings is 1. The molecule has 0 radical (unpaired) electrons. The Labute approximate surface area is 127 Å². The Morgan fingerprint density at radius 3 is 2.40 bits per heavy atom. The number of hydrogen-bond acceptors (Lipinski definition) is 5. The lowest BCUT2D eigenvalue weighted by Gasteiger charge is -2.12. The second-order valence-corrected chi connectivity index (χ2v) is 9.13. The topological polar surface area (TPSA) is 110 Å². The summed E-state index contributed by atoms with van der Waals surface area (Å²) >= 11 is 3.16. The molecule has 10 heteroatoms. The fraction of sp³-hybridized carbons (Fsp3) is 0.400. The van der Waals surface area contributed by atoms with Gasteiger partial charge in [-0.15, -0.1) is 0 Å². The van der Waals surface area contributed by atoms with Crippen LogP contribution in [0, 0.1) is 0 Å². The quantitative estimate of drug-likeness (QED) is 0.679. The average Bonchev–Trinajstić information content (AvgIpc) is 2.31. The molecular weight excluding hydrogens is 370 g/mol. The third kappa shape index (κ3) is 4.42. The molecule has 114 valence electrons. The van der Waals surface area contributed by atoms with Crippen LogP contribution in [0.1, 0.15) is 0 Å². The normalized spacial score (nSPS) is 12.8. The fourth-order valence-electron chi connectivity index (χ4n) is 1.31. The Kier molecular flexibility index (Phi) is 5.55. The minimum atomic E-state index is -3.85. The van der Waals surface area contributed by atoms with Gasteiger partial charge in [-0.25, -0.2) is 25.9 Å². The highest BCUT2D eigenvalue weighted by molar-refractivity contribution is 9.10. The number of nitrogen functional groups attached to an aromatic ring is 1. The molecule has 0 aliphatic heterocycles. The molecule has 0 saturated heterocycles. The van der Waals surface area contributed by atoms with E-state index < -0.39 is 20.0 Å². The van der Waals surface area contributed by atoms with E-state index in [2.05, 4.69) is 20.7 Å². The first-order chi connectivity index (χ1) is 9.06. The van der Waals surface area contributed by atoms with E-state index in [1.54, 1.807) is 6.07 Å². The van der Waals surface area contributed by atoms with Crippen molar-refractivity contribution in [3.05, 3.63) is 22.7 Å². The van der Waals surface area contributed by atoms with Gasteiger partial charge in [-0.3, -0.25) is 0 Å². The summed E-state index contributed by atoms with van der Waals surface area (Å²) in [4.78, 5) is -0.0888. The van der Waals surface area contributed by atoms with Crippen molar-refractivity contribution in [2.24, 2.45) is 0 Å². The second-order valence-electron chi connectivity index (χ2n) is 4.18. The number of nitrogens with zero attached hydrogens (tertiary/aromatic N) is 1. The zero-order valence-corrected chi connectivity index (χ0v) is 14.2. The molecule has 0 fully saturated rings. The molecule has 0 atom stereocenters. The van der Waals surface area contributed by atoms with Crippen LogP contribution < -0.4 is 10.5 Å². The van der Waals surface area contributed by atoms with E-state index in [1.165, 1.54) is 26.2 Å². The van der Waals surface area contributed by atoms with Gasteiger partial charge in [0.15, 0.2) is 0 Å². The Hall–Kier alpha value is -0.680. The molecule has 3 N–H and O–H groups in total. The van der Waals surface area contributed by atoms with Crippen molar-refractivity contribution in [2.75, 3.05) is 32.1 Å². The zero-order chi connectivity index (χ0) is 15.6. The summed E-state index contributed by atoms with van der Waals surface area (Å²) in [7, 11) is -4.53. The molecule has 0 amide bonds. The Bertz CT molecular complexity index is 686. The average molecular weight is 386 g/mol. The first kappa shape index (κ1) is 17.4. The van der Waals surface area contributed by atoms with Crippen molar-refractivity contribution >= 4 is 41.7 Å². The summed E-state index contributed by atoms with van der Waals surface area (Å²) < 4.78 is 51.0. The summed E-state index contributed by atoms with van der Waals surface area (Å²) in [5.74, 6) is -0.326. The largest absolute Gasteiger partial charge is 0.398 e. The van der Waals surface area contributed by atoms with Crippen molar-refractivity contribution in [1.82, 2.24) is 9.03 Å². The first-order valence-electron chi connectivity index (χ1n) is 5.51. The van der Waals surface area contributed by atoms with Crippen LogP contribution in [0.5, 0.6) is 0 Å². The number of sulfonamides is 2. The maximum Gasteiger partial charge on any atom is 0.242 e. The number of anilines is 1. The van der Waals surface area contributed by atoms with E-state index in [9.17, 15) is 16.8 Å². The molecule has 0 bridgehead atoms. The van der Waals surface area contributed by atoms with Gasteiger partial charge in [0.2, 0.25) is 20.0 Å². The van der Waals surface area contributed by atoms with Gasteiger partial charge in [0.05, 0.1) is 11.4 Å². The molecule has 0 aromatic heterocycles. The Morgan fingerprint density at radius 2 is 1.85 bits per heavy atom. The maximum atomic E-state index is 12.0. The molecule has 20 heavy (non-hydrogen) atoms. The minimum Gasteiger partial charge on any atom is -0.398 e. The highest BCUT2D eigenvalue weighted by Crippen LogP contribution is 2.22. The van der Waals surface area contributed by atoms with E-state index in [0.29, 0.717) is 4.47 Å². The van der Waals surface area contributed by atoms with Gasteiger partial charge in [-0.1, -0.05) is 15.9 Å². The molecule has 7 nitrogen and oxygen atoms in total. The number of hydrogen-bond donors (Lipinski definition) is 2. The van der Waals surface area contributed by atoms with E-state index >= 15 is 0 Å². The third-order valence-corrected chi connectivity index (χ3v) is 6.32. The van der Waals surface area contributed by atoms with Gasteiger partial charge >= 0.3 is 0 Å². The first-order valence-corrected chi connectivity index (χ1v) is 9.40. The molecule has 0 saturated carbocycles. The minimum absolute atomic E-state index is 0.0888. The van der Waals surface area contributed by atoms with Gasteiger partial charge in [-0.2, -0.15) is 0 Å². The van der Waals surface area contributed by atoms with Crippen LogP contribution in [0.25, 0.3) is 0 Å². The van der Waals surface area contributed by atoms with Crippen molar-refractivity contribution in [2.45, 2.75) is 4.90 Å². The molecule has 0 spiro atoms. The smallest absolute Gasteiger partial charge is 0.242 e. The van der Waals surface area contributed by atoms with Crippen LogP contribution >= 0.6 is 15.9 Å². The van der Waals surface area contributed by atoms with Crippen molar-refractivity contribution in [3.63, 3.8) is 0 Å². The van der Waals surface area contributed by atoms with Crippen LogP contribution in [0.3, 0.4) is 0 Å². The summed E-state index contributed by atoms with van der Waals surface area (Å²) in [6, 6.07) is 4.43. The van der Waals surface area contributed by atoms with Crippen LogP contribution in [0.15, 0.2) is 27.6 Å². The lowest BCUT2D eigenvalue weighted by molar-refractivity contribution is 0.519. The molecule has 0 aliphatic carbocycles. The van der Waals surface area contributed by atoms with Crippen molar-refractivity contribution in [3.8, 4) is 0 Å². The fourth-order valence-corrected chi connectivity index (χ4v) is 3.86. The van der Waals surface area contributed by atoms with Gasteiger partial charge in [0.1, 0.15) is 4.90 Å². The van der Waals surface area contributed by atoms with E-state index in [4.69, 9.17) is 5.73 Å². The van der Waals surface area contributed by atoms with Gasteiger partial charge < -0.3 is 5.73 Å². The Balaban J connectivity index is 2.84. The predicted molar refractivity (Wildman–Crippen MR) is 81.2 cm³/mol. The SMILES string of the molecule is CN(C)S(=O)(=O)CCNS(=O)(=O)c1cc(Br)ccc1N. The van der Waals surface area contributed by atoms with Gasteiger partial charge in [-0.05, 0) is 18.2 Å². The van der Waals surface area contributed by atoms with Crippen LogP contribution in [-0.2, 0) is 20.0 Å². The molecular formula is C10H16BrN3O4S2. The third-order valence-electron chi connectivity index (χ3n) is 2.47. The van der Waals surface area contributed by atoms with Crippen LogP contribution in [0.2, 0.25) is 0 Å². The van der Waals surface area contributed by atoms with E-state index in [0.717, 1.165) is 4.31 Å². The summed E-state index contributed by atoms with van der Waals surface area (Å²) in [5, 5.41) is 0. The number of halogens is 1. The summed E-state index contributed by atoms with van der Waals surface area (Å²) in [6.07, 6.45) is 0. The van der Waals surface area contributed by atoms with E-state index in [-0.39, 0.29) is 22.9 Å². The highest BCUT2D eigenvalue weighted by atomic mass is 79.9. The highest BCUT2D eigenvalue weighted by Gasteiger charge is 2.20. The maximum absolute atomic E-state index is 12.0. The van der Waals surface area contributed by atoms with Gasteiger partial charge in [0.25, 0.3) is 0 Å². The molecule has 0 aliphatic rings. The standard InChI is InChI=1S/C10H16BrN3O4S2/c1-14(2)19(15,16)6-5-13-20(17,18)10-7-8(11)3-4-9(10)12/h3-4,7,13H,5-6,12H2,1-2H3. The lowest BCUT2D eigenvalue weighted by atomic mass is 10.3. The van der Waals surface area contributed by atoms with Crippen molar-refractivity contribution in [1.29, 1.82) is 0 Å². The van der Waals surface area contributed by atoms with Crippen LogP contribution in [-0.4, -0.2) is 47.5 Å². The zero-order valence-electron chi connectivity index (χ0n) is 11.0. The predicted octanol–water partition coefficient (Wildman–Crippen LogP) is 0.201. The number of nitrogens with two attached hydrogens (primary N) is 1. The monoisotopic (exact) mass is 385 g/mol. The second kappa shape index (κ2) is 6.39. The molecule has 0 heterocycles.